The maximum atomic E-state index is 2.56. The summed E-state index contributed by atoms with van der Waals surface area (Å²) in [5, 5.41) is 0. The van der Waals surface area contributed by atoms with Crippen molar-refractivity contribution in [3.8, 4) is 0 Å². The molecule has 0 aliphatic carbocycles. The Morgan fingerprint density at radius 1 is 0.520 bits per heavy atom. The molecule has 0 aromatic heterocycles. The molecule has 1 heteroatoms. The van der Waals surface area contributed by atoms with Gasteiger partial charge < -0.3 is 0 Å². The van der Waals surface area contributed by atoms with Gasteiger partial charge in [0.25, 0.3) is 0 Å². The van der Waals surface area contributed by atoms with Crippen LogP contribution in [0.1, 0.15) is 109 Å². The molecule has 0 fully saturated rings. The summed E-state index contributed by atoms with van der Waals surface area (Å²) in [6.45, 7) is 29.6. The van der Waals surface area contributed by atoms with E-state index in [0.717, 1.165) is 0 Å². The average molecular weight is 373 g/mol. The first-order chi connectivity index (χ1) is 10.9. The third-order valence-corrected chi connectivity index (χ3v) is 11.8. The van der Waals surface area contributed by atoms with E-state index in [1.54, 1.807) is 0 Å². The molecule has 0 nitrogen and oxygen atoms in total. The van der Waals surface area contributed by atoms with E-state index in [0.29, 0.717) is 21.7 Å². The van der Waals surface area contributed by atoms with E-state index in [1.807, 2.05) is 0 Å². The van der Waals surface area contributed by atoms with Gasteiger partial charge in [0, 0.05) is 0 Å². The molecule has 0 aliphatic heterocycles. The van der Waals surface area contributed by atoms with Crippen LogP contribution < -0.4 is 0 Å². The molecule has 0 N–H and O–H groups in total. The van der Waals surface area contributed by atoms with Gasteiger partial charge in [-0.2, -0.15) is 0 Å². The van der Waals surface area contributed by atoms with E-state index in [1.165, 1.54) is 50.3 Å². The van der Waals surface area contributed by atoms with Gasteiger partial charge in [0.15, 0.2) is 0 Å². The molecule has 25 heavy (non-hydrogen) atoms. The van der Waals surface area contributed by atoms with Gasteiger partial charge in [0.05, 0.1) is 0 Å². The standard InChI is InChI=1S/C24H53P/c1-13-15-25(16-14-2,19-23(9,10)17-21(3,4)5)20-24(11,12)18-22(6,7)8/h25H,13-20H2,1-12H3. The van der Waals surface area contributed by atoms with Crippen LogP contribution in [0.3, 0.4) is 0 Å². The van der Waals surface area contributed by atoms with Crippen molar-refractivity contribution in [3.05, 3.63) is 0 Å². The summed E-state index contributed by atoms with van der Waals surface area (Å²) in [7, 11) is -1.27. The van der Waals surface area contributed by atoms with E-state index < -0.39 is 7.26 Å². The number of hydrogen-bond acceptors (Lipinski definition) is 0. The van der Waals surface area contributed by atoms with Crippen LogP contribution in [0, 0.1) is 21.7 Å². The predicted octanol–water partition coefficient (Wildman–Crippen LogP) is 8.48. The second-order valence-corrected chi connectivity index (χ2v) is 17.9. The molecule has 0 atom stereocenters. The van der Waals surface area contributed by atoms with Crippen molar-refractivity contribution < 1.29 is 0 Å². The summed E-state index contributed by atoms with van der Waals surface area (Å²) in [4.78, 5) is 0. The number of hydrogen-bond donors (Lipinski definition) is 0. The monoisotopic (exact) mass is 372 g/mol. The Kier molecular flexibility index (Phi) is 9.24. The molecular formula is C24H53P. The molecule has 0 aromatic rings. The number of rotatable bonds is 10. The van der Waals surface area contributed by atoms with Crippen LogP contribution in [0.5, 0.6) is 0 Å². The van der Waals surface area contributed by atoms with Crippen molar-refractivity contribution in [1.29, 1.82) is 0 Å². The molecule has 0 radical (unpaired) electrons. The zero-order chi connectivity index (χ0) is 20.2. The van der Waals surface area contributed by atoms with E-state index in [4.69, 9.17) is 0 Å². The van der Waals surface area contributed by atoms with E-state index in [2.05, 4.69) is 83.1 Å². The Balaban J connectivity index is 5.56. The molecule has 0 saturated carbocycles. The topological polar surface area (TPSA) is 0 Å². The summed E-state index contributed by atoms with van der Waals surface area (Å²) in [5.41, 5.74) is 1.82. The molecule has 0 aromatic carbocycles. The zero-order valence-electron chi connectivity index (χ0n) is 20.2. The van der Waals surface area contributed by atoms with Gasteiger partial charge >= 0.3 is 162 Å². The van der Waals surface area contributed by atoms with Crippen molar-refractivity contribution in [3.63, 3.8) is 0 Å². The van der Waals surface area contributed by atoms with Gasteiger partial charge in [0.1, 0.15) is 0 Å². The van der Waals surface area contributed by atoms with Gasteiger partial charge in [-0.25, -0.2) is 0 Å². The zero-order valence-corrected chi connectivity index (χ0v) is 21.2. The van der Waals surface area contributed by atoms with Gasteiger partial charge in [0.2, 0.25) is 0 Å². The van der Waals surface area contributed by atoms with E-state index in [-0.39, 0.29) is 0 Å². The van der Waals surface area contributed by atoms with Gasteiger partial charge in [-0.1, -0.05) is 0 Å². The quantitative estimate of drug-likeness (QED) is 0.337. The maximum absolute atomic E-state index is 2.56. The molecule has 0 heterocycles. The van der Waals surface area contributed by atoms with E-state index in [9.17, 15) is 0 Å². The Labute approximate surface area is 162 Å². The first-order valence-corrected chi connectivity index (χ1v) is 13.8. The normalized spacial score (nSPS) is 15.5. The summed E-state index contributed by atoms with van der Waals surface area (Å²) in [6, 6.07) is 0. The van der Waals surface area contributed by atoms with Crippen LogP contribution in [0.4, 0.5) is 0 Å². The second kappa shape index (κ2) is 9.08. The molecule has 0 aliphatic rings. The molecule has 0 bridgehead atoms. The Bertz CT molecular complexity index is 338. The first kappa shape index (κ1) is 25.4. The molecule has 154 valence electrons. The van der Waals surface area contributed by atoms with Gasteiger partial charge in [-0.05, 0) is 0 Å². The first-order valence-electron chi connectivity index (χ1n) is 10.9. The average Bonchev–Trinajstić information content (AvgIpc) is 2.19. The minimum atomic E-state index is -1.27. The Morgan fingerprint density at radius 3 is 1.00 bits per heavy atom. The fourth-order valence-corrected chi connectivity index (χ4v) is 14.1. The summed E-state index contributed by atoms with van der Waals surface area (Å²) in [5.74, 6) is 0. The third-order valence-electron chi connectivity index (χ3n) is 5.29. The van der Waals surface area contributed by atoms with Crippen molar-refractivity contribution in [1.82, 2.24) is 0 Å². The van der Waals surface area contributed by atoms with Crippen molar-refractivity contribution in [2.45, 2.75) is 109 Å². The fraction of sp³-hybridized carbons (Fsp3) is 1.00. The second-order valence-electron chi connectivity index (χ2n) is 13.2. The van der Waals surface area contributed by atoms with Gasteiger partial charge in [-0.15, -0.1) is 0 Å². The predicted molar refractivity (Wildman–Crippen MR) is 124 cm³/mol. The molecule has 0 spiro atoms. The fourth-order valence-electron chi connectivity index (χ4n) is 6.63. The van der Waals surface area contributed by atoms with Crippen LogP contribution in [0.25, 0.3) is 0 Å². The minimum absolute atomic E-state index is 0.434. The molecular weight excluding hydrogens is 319 g/mol. The Morgan fingerprint density at radius 2 is 0.800 bits per heavy atom. The van der Waals surface area contributed by atoms with Crippen LogP contribution in [0.15, 0.2) is 0 Å². The SMILES string of the molecule is CCC[PH](CCC)(CC(C)(C)CC(C)(C)C)CC(C)(C)CC(C)(C)C. The van der Waals surface area contributed by atoms with Crippen molar-refractivity contribution in [2.75, 3.05) is 24.6 Å². The molecule has 0 saturated heterocycles. The van der Waals surface area contributed by atoms with Crippen molar-refractivity contribution >= 4 is 7.26 Å². The Hall–Kier alpha value is 0.430. The van der Waals surface area contributed by atoms with Gasteiger partial charge in [-0.3, -0.25) is 0 Å². The van der Waals surface area contributed by atoms with Crippen LogP contribution >= 0.6 is 7.26 Å². The third kappa shape index (κ3) is 11.7. The van der Waals surface area contributed by atoms with Crippen LogP contribution in [0.2, 0.25) is 0 Å². The molecule has 0 unspecified atom stereocenters. The van der Waals surface area contributed by atoms with Crippen LogP contribution in [-0.4, -0.2) is 24.6 Å². The molecule has 0 rings (SSSR count). The van der Waals surface area contributed by atoms with E-state index >= 15 is 0 Å². The van der Waals surface area contributed by atoms with Crippen LogP contribution in [-0.2, 0) is 0 Å². The van der Waals surface area contributed by atoms with Crippen molar-refractivity contribution in [2.24, 2.45) is 21.7 Å². The summed E-state index contributed by atoms with van der Waals surface area (Å²) >= 11 is 0. The molecule has 0 amide bonds. The summed E-state index contributed by atoms with van der Waals surface area (Å²) < 4.78 is 0. The summed E-state index contributed by atoms with van der Waals surface area (Å²) in [6.07, 6.45) is 11.6.